The molecule has 1 N–H and O–H groups in total. The summed E-state index contributed by atoms with van der Waals surface area (Å²) in [6.45, 7) is 3.27. The molecule has 0 spiro atoms. The van der Waals surface area contributed by atoms with Gasteiger partial charge in [0.25, 0.3) is 0 Å². The Hall–Kier alpha value is -0.940. The molecular formula is C11H19N5. The maximum atomic E-state index is 4.15. The van der Waals surface area contributed by atoms with Gasteiger partial charge in [-0.05, 0) is 19.3 Å². The van der Waals surface area contributed by atoms with Crippen molar-refractivity contribution in [3.63, 3.8) is 0 Å². The molecule has 2 atom stereocenters. The van der Waals surface area contributed by atoms with E-state index in [0.717, 1.165) is 25.0 Å². The molecule has 88 valence electrons. The number of fused-ring (bicyclic) bond motifs is 2. The predicted molar refractivity (Wildman–Crippen MR) is 60.8 cm³/mol. The van der Waals surface area contributed by atoms with Crippen LogP contribution in [-0.4, -0.2) is 44.8 Å². The van der Waals surface area contributed by atoms with E-state index in [-0.39, 0.29) is 0 Å². The first-order valence-corrected chi connectivity index (χ1v) is 6.12. The molecule has 2 aliphatic heterocycles. The summed E-state index contributed by atoms with van der Waals surface area (Å²) < 4.78 is 2.01. The topological polar surface area (TPSA) is 46.0 Å². The molecule has 5 nitrogen and oxygen atoms in total. The molecule has 2 unspecified atom stereocenters. The summed E-state index contributed by atoms with van der Waals surface area (Å²) in [7, 11) is 2.01. The van der Waals surface area contributed by atoms with Gasteiger partial charge < -0.3 is 9.88 Å². The van der Waals surface area contributed by atoms with Crippen molar-refractivity contribution < 1.29 is 0 Å². The van der Waals surface area contributed by atoms with Gasteiger partial charge >= 0.3 is 0 Å². The quantitative estimate of drug-likeness (QED) is 0.772. The third-order valence-corrected chi connectivity index (χ3v) is 3.78. The zero-order valence-corrected chi connectivity index (χ0v) is 9.76. The van der Waals surface area contributed by atoms with Crippen molar-refractivity contribution in [1.82, 2.24) is 25.0 Å². The molecule has 0 amide bonds. The number of hydrogen-bond donors (Lipinski definition) is 1. The van der Waals surface area contributed by atoms with Crippen LogP contribution in [0.2, 0.25) is 0 Å². The van der Waals surface area contributed by atoms with Crippen molar-refractivity contribution in [2.45, 2.75) is 37.9 Å². The molecule has 2 saturated heterocycles. The lowest BCUT2D eigenvalue weighted by Crippen LogP contribution is -2.35. The molecule has 16 heavy (non-hydrogen) atoms. The minimum Gasteiger partial charge on any atom is -0.320 e. The lowest BCUT2D eigenvalue weighted by molar-refractivity contribution is 0.242. The van der Waals surface area contributed by atoms with Crippen molar-refractivity contribution in [1.29, 1.82) is 0 Å². The molecule has 0 aliphatic carbocycles. The second-order valence-corrected chi connectivity index (χ2v) is 5.02. The smallest absolute Gasteiger partial charge is 0.146 e. The Bertz CT molecular complexity index is 361. The lowest BCUT2D eigenvalue weighted by atomic mass is 10.1. The third kappa shape index (κ3) is 1.97. The zero-order chi connectivity index (χ0) is 11.0. The van der Waals surface area contributed by atoms with Crippen LogP contribution in [0.4, 0.5) is 0 Å². The van der Waals surface area contributed by atoms with E-state index in [4.69, 9.17) is 0 Å². The molecule has 0 radical (unpaired) electrons. The molecule has 2 aliphatic rings. The van der Waals surface area contributed by atoms with Crippen LogP contribution in [0.3, 0.4) is 0 Å². The normalized spacial score (nSPS) is 30.6. The summed E-state index contributed by atoms with van der Waals surface area (Å²) in [6.07, 6.45) is 5.74. The number of aryl methyl sites for hydroxylation is 1. The first-order valence-electron chi connectivity index (χ1n) is 6.12. The third-order valence-electron chi connectivity index (χ3n) is 3.78. The van der Waals surface area contributed by atoms with Gasteiger partial charge in [0.2, 0.25) is 0 Å². The first-order chi connectivity index (χ1) is 7.81. The van der Waals surface area contributed by atoms with Gasteiger partial charge in [-0.2, -0.15) is 0 Å². The summed E-state index contributed by atoms with van der Waals surface area (Å²) in [6, 6.07) is 1.45. The average molecular weight is 221 g/mol. The van der Waals surface area contributed by atoms with Crippen molar-refractivity contribution in [2.75, 3.05) is 13.1 Å². The highest BCUT2D eigenvalue weighted by Crippen LogP contribution is 2.21. The zero-order valence-electron chi connectivity index (χ0n) is 9.76. The molecule has 1 aromatic heterocycles. The second kappa shape index (κ2) is 4.14. The van der Waals surface area contributed by atoms with Gasteiger partial charge in [-0.25, -0.2) is 0 Å². The Labute approximate surface area is 95.8 Å². The monoisotopic (exact) mass is 221 g/mol. The largest absolute Gasteiger partial charge is 0.320 e. The first kappa shape index (κ1) is 10.2. The van der Waals surface area contributed by atoms with E-state index >= 15 is 0 Å². The van der Waals surface area contributed by atoms with Gasteiger partial charge in [0, 0.05) is 32.2 Å². The van der Waals surface area contributed by atoms with E-state index in [9.17, 15) is 0 Å². The van der Waals surface area contributed by atoms with Crippen LogP contribution in [0.1, 0.15) is 25.1 Å². The van der Waals surface area contributed by atoms with Crippen LogP contribution in [0.15, 0.2) is 6.33 Å². The van der Waals surface area contributed by atoms with E-state index in [2.05, 4.69) is 20.4 Å². The van der Waals surface area contributed by atoms with Crippen molar-refractivity contribution in [3.05, 3.63) is 12.2 Å². The second-order valence-electron chi connectivity index (χ2n) is 5.02. The Morgan fingerprint density at radius 3 is 3.06 bits per heavy atom. The number of likely N-dealkylation sites (tertiary alicyclic amines) is 1. The summed E-state index contributed by atoms with van der Waals surface area (Å²) in [5, 5.41) is 11.8. The average Bonchev–Trinajstić information content (AvgIpc) is 2.78. The van der Waals surface area contributed by atoms with Gasteiger partial charge in [0.1, 0.15) is 12.2 Å². The molecule has 2 bridgehead atoms. The van der Waals surface area contributed by atoms with Crippen LogP contribution in [0.5, 0.6) is 0 Å². The predicted octanol–water partition coefficient (Wildman–Crippen LogP) is 0.141. The van der Waals surface area contributed by atoms with Gasteiger partial charge in [-0.1, -0.05) is 0 Å². The van der Waals surface area contributed by atoms with E-state index in [1.165, 1.54) is 25.8 Å². The summed E-state index contributed by atoms with van der Waals surface area (Å²) in [5.41, 5.74) is 0. The van der Waals surface area contributed by atoms with E-state index in [0.29, 0.717) is 6.04 Å². The number of nitrogens with zero attached hydrogens (tertiary/aromatic N) is 4. The van der Waals surface area contributed by atoms with Crippen LogP contribution in [-0.2, 0) is 13.6 Å². The highest BCUT2D eigenvalue weighted by Gasteiger charge is 2.29. The highest BCUT2D eigenvalue weighted by molar-refractivity contribution is 4.92. The molecule has 5 heteroatoms. The van der Waals surface area contributed by atoms with Crippen LogP contribution >= 0.6 is 0 Å². The number of rotatable bonds is 2. The van der Waals surface area contributed by atoms with Crippen molar-refractivity contribution >= 4 is 0 Å². The standard InChI is InChI=1S/C11H19N5/c1-15-8-12-14-11(15)7-16-5-4-9-2-3-10(6-16)13-9/h8-10,13H,2-7H2,1H3. The van der Waals surface area contributed by atoms with Gasteiger partial charge in [0.15, 0.2) is 0 Å². The van der Waals surface area contributed by atoms with Crippen molar-refractivity contribution in [2.24, 2.45) is 7.05 Å². The molecule has 3 heterocycles. The van der Waals surface area contributed by atoms with Crippen molar-refractivity contribution in [3.8, 4) is 0 Å². The fourth-order valence-electron chi connectivity index (χ4n) is 2.81. The number of nitrogens with one attached hydrogen (secondary N) is 1. The molecule has 0 saturated carbocycles. The van der Waals surface area contributed by atoms with Crippen LogP contribution in [0, 0.1) is 0 Å². The van der Waals surface area contributed by atoms with Gasteiger partial charge in [0.05, 0.1) is 6.54 Å². The number of aromatic nitrogens is 3. The summed E-state index contributed by atoms with van der Waals surface area (Å²) in [4.78, 5) is 2.50. The molecular weight excluding hydrogens is 202 g/mol. The van der Waals surface area contributed by atoms with Gasteiger partial charge in [-0.15, -0.1) is 10.2 Å². The van der Waals surface area contributed by atoms with E-state index < -0.39 is 0 Å². The molecule has 3 rings (SSSR count). The van der Waals surface area contributed by atoms with E-state index in [1.54, 1.807) is 6.33 Å². The highest BCUT2D eigenvalue weighted by atomic mass is 15.3. The fourth-order valence-corrected chi connectivity index (χ4v) is 2.81. The lowest BCUT2D eigenvalue weighted by Gasteiger charge is -2.23. The Morgan fingerprint density at radius 1 is 1.38 bits per heavy atom. The summed E-state index contributed by atoms with van der Waals surface area (Å²) in [5.74, 6) is 1.07. The Balaban J connectivity index is 1.65. The van der Waals surface area contributed by atoms with Crippen LogP contribution < -0.4 is 5.32 Å². The Kier molecular flexibility index (Phi) is 2.65. The molecule has 2 fully saturated rings. The fraction of sp³-hybridized carbons (Fsp3) is 0.818. The molecule has 1 aromatic rings. The maximum absolute atomic E-state index is 4.15. The minimum atomic E-state index is 0.695. The summed E-state index contributed by atoms with van der Waals surface area (Å²) >= 11 is 0. The molecule has 0 aromatic carbocycles. The Morgan fingerprint density at radius 2 is 2.25 bits per heavy atom. The minimum absolute atomic E-state index is 0.695. The SMILES string of the molecule is Cn1cnnc1CN1CCC2CCC(C1)N2. The van der Waals surface area contributed by atoms with Crippen LogP contribution in [0.25, 0.3) is 0 Å². The maximum Gasteiger partial charge on any atom is 0.146 e. The van der Waals surface area contributed by atoms with E-state index in [1.807, 2.05) is 11.6 Å². The number of hydrogen-bond acceptors (Lipinski definition) is 4. The van der Waals surface area contributed by atoms with Gasteiger partial charge in [-0.3, -0.25) is 4.90 Å².